The zero-order chi connectivity index (χ0) is 23.9. The van der Waals surface area contributed by atoms with Crippen molar-refractivity contribution in [1.82, 2.24) is 19.9 Å². The van der Waals surface area contributed by atoms with Crippen LogP contribution in [-0.4, -0.2) is 41.3 Å². The molecule has 9 nitrogen and oxygen atoms in total. The number of benzene rings is 2. The molecule has 0 saturated carbocycles. The Bertz CT molecular complexity index is 1240. The number of ether oxygens (including phenoxy) is 3. The molecular formula is C24H23FN6O3. The molecule has 4 rings (SSSR count). The first-order chi connectivity index (χ1) is 16.6. The number of pyridine rings is 1. The van der Waals surface area contributed by atoms with Crippen molar-refractivity contribution in [3.8, 4) is 28.6 Å². The van der Waals surface area contributed by atoms with E-state index in [1.807, 2.05) is 6.07 Å². The zero-order valence-electron chi connectivity index (χ0n) is 18.9. The van der Waals surface area contributed by atoms with E-state index >= 15 is 0 Å². The molecule has 4 aromatic rings. The first kappa shape index (κ1) is 22.7. The number of hydrogen-bond donors (Lipinski definition) is 2. The molecule has 0 atom stereocenters. The third-order valence-electron chi connectivity index (χ3n) is 4.91. The number of nitrogens with one attached hydrogen (secondary N) is 2. The van der Waals surface area contributed by atoms with E-state index in [-0.39, 0.29) is 5.82 Å². The molecular weight excluding hydrogens is 439 g/mol. The number of halogens is 1. The standard InChI is InChI=1S/C24H23FN6O3/c1-32-19-11-17(12-20(33-2)21(19)34-3)30-24-29-14-28-23(31-24)18-5-4-10-26-22(18)27-13-15-6-8-16(25)9-7-15/h4-12,14H,13H2,1-3H3,(H,26,27)(H,28,29,30,31). The molecule has 0 bridgehead atoms. The summed E-state index contributed by atoms with van der Waals surface area (Å²) in [7, 11) is 4.64. The minimum atomic E-state index is -0.278. The highest BCUT2D eigenvalue weighted by atomic mass is 19.1. The number of methoxy groups -OCH3 is 3. The van der Waals surface area contributed by atoms with Gasteiger partial charge in [-0.05, 0) is 29.8 Å². The van der Waals surface area contributed by atoms with E-state index < -0.39 is 0 Å². The van der Waals surface area contributed by atoms with Crippen LogP contribution in [0.15, 0.2) is 61.1 Å². The molecule has 10 heteroatoms. The maximum Gasteiger partial charge on any atom is 0.230 e. The molecule has 0 amide bonds. The summed E-state index contributed by atoms with van der Waals surface area (Å²) in [5, 5.41) is 6.40. The number of hydrogen-bond acceptors (Lipinski definition) is 9. The second kappa shape index (κ2) is 10.4. The summed E-state index contributed by atoms with van der Waals surface area (Å²) in [4.78, 5) is 17.5. The van der Waals surface area contributed by atoms with Crippen LogP contribution in [0.2, 0.25) is 0 Å². The van der Waals surface area contributed by atoms with Gasteiger partial charge in [-0.2, -0.15) is 4.98 Å². The quantitative estimate of drug-likeness (QED) is 0.373. The molecule has 0 saturated heterocycles. The van der Waals surface area contributed by atoms with Gasteiger partial charge < -0.3 is 24.8 Å². The SMILES string of the molecule is COc1cc(Nc2ncnc(-c3cccnc3NCc3ccc(F)cc3)n2)cc(OC)c1OC. The third-order valence-corrected chi connectivity index (χ3v) is 4.91. The van der Waals surface area contributed by atoms with Crippen LogP contribution in [0.25, 0.3) is 11.4 Å². The molecule has 2 heterocycles. The molecule has 0 unspecified atom stereocenters. The van der Waals surface area contributed by atoms with Crippen LogP contribution in [-0.2, 0) is 6.54 Å². The van der Waals surface area contributed by atoms with Gasteiger partial charge in [0.25, 0.3) is 0 Å². The first-order valence-electron chi connectivity index (χ1n) is 10.3. The topological polar surface area (TPSA) is 103 Å². The van der Waals surface area contributed by atoms with Gasteiger partial charge in [0.15, 0.2) is 17.3 Å². The predicted octanol–water partition coefficient (Wildman–Crippen LogP) is 4.45. The minimum Gasteiger partial charge on any atom is -0.493 e. The Hall–Kier alpha value is -4.47. The Morgan fingerprint density at radius 3 is 2.29 bits per heavy atom. The van der Waals surface area contributed by atoms with Crippen molar-refractivity contribution in [3.63, 3.8) is 0 Å². The Kier molecular flexibility index (Phi) is 6.97. The molecule has 0 aliphatic rings. The smallest absolute Gasteiger partial charge is 0.230 e. The van der Waals surface area contributed by atoms with Gasteiger partial charge >= 0.3 is 0 Å². The van der Waals surface area contributed by atoms with Crippen molar-refractivity contribution in [3.05, 3.63) is 72.4 Å². The fraction of sp³-hybridized carbons (Fsp3) is 0.167. The molecule has 0 spiro atoms. The van der Waals surface area contributed by atoms with E-state index in [4.69, 9.17) is 14.2 Å². The van der Waals surface area contributed by atoms with Gasteiger partial charge in [-0.25, -0.2) is 19.3 Å². The maximum absolute atomic E-state index is 13.2. The summed E-state index contributed by atoms with van der Waals surface area (Å²) in [6.07, 6.45) is 3.09. The van der Waals surface area contributed by atoms with E-state index in [1.165, 1.54) is 18.5 Å². The number of nitrogens with zero attached hydrogens (tertiary/aromatic N) is 4. The number of rotatable bonds is 9. The van der Waals surface area contributed by atoms with E-state index in [0.717, 1.165) is 5.56 Å². The van der Waals surface area contributed by atoms with Crippen molar-refractivity contribution in [2.75, 3.05) is 32.0 Å². The largest absolute Gasteiger partial charge is 0.493 e. The fourth-order valence-electron chi connectivity index (χ4n) is 3.28. The second-order valence-electron chi connectivity index (χ2n) is 7.05. The predicted molar refractivity (Wildman–Crippen MR) is 126 cm³/mol. The van der Waals surface area contributed by atoms with Crippen LogP contribution in [0.5, 0.6) is 17.2 Å². The Labute approximate surface area is 196 Å². The van der Waals surface area contributed by atoms with Crippen LogP contribution in [0, 0.1) is 5.82 Å². The summed E-state index contributed by atoms with van der Waals surface area (Å²) in [6, 6.07) is 13.4. The van der Waals surface area contributed by atoms with Gasteiger partial charge in [0.05, 0.1) is 26.9 Å². The van der Waals surface area contributed by atoms with E-state index in [9.17, 15) is 4.39 Å². The lowest BCUT2D eigenvalue weighted by atomic mass is 10.2. The lowest BCUT2D eigenvalue weighted by Gasteiger charge is -2.15. The van der Waals surface area contributed by atoms with Gasteiger partial charge in [0.1, 0.15) is 18.0 Å². The Balaban J connectivity index is 1.58. The van der Waals surface area contributed by atoms with Crippen LogP contribution >= 0.6 is 0 Å². The first-order valence-corrected chi connectivity index (χ1v) is 10.3. The third kappa shape index (κ3) is 5.12. The Morgan fingerprint density at radius 1 is 0.882 bits per heavy atom. The van der Waals surface area contributed by atoms with Crippen molar-refractivity contribution in [1.29, 1.82) is 0 Å². The maximum atomic E-state index is 13.2. The molecule has 0 aliphatic carbocycles. The van der Waals surface area contributed by atoms with Crippen molar-refractivity contribution >= 4 is 17.5 Å². The van der Waals surface area contributed by atoms with Crippen LogP contribution < -0.4 is 24.8 Å². The molecule has 2 aromatic carbocycles. The van der Waals surface area contributed by atoms with Crippen molar-refractivity contribution in [2.45, 2.75) is 6.54 Å². The van der Waals surface area contributed by atoms with E-state index in [1.54, 1.807) is 57.9 Å². The van der Waals surface area contributed by atoms with Gasteiger partial charge in [-0.15, -0.1) is 0 Å². The summed E-state index contributed by atoms with van der Waals surface area (Å²) >= 11 is 0. The van der Waals surface area contributed by atoms with Crippen LogP contribution in [0.4, 0.5) is 21.8 Å². The monoisotopic (exact) mass is 462 g/mol. The van der Waals surface area contributed by atoms with E-state index in [2.05, 4.69) is 30.6 Å². The molecule has 0 radical (unpaired) electrons. The lowest BCUT2D eigenvalue weighted by molar-refractivity contribution is 0.324. The van der Waals surface area contributed by atoms with Crippen molar-refractivity contribution < 1.29 is 18.6 Å². The normalized spacial score (nSPS) is 10.5. The highest BCUT2D eigenvalue weighted by molar-refractivity contribution is 5.71. The summed E-state index contributed by atoms with van der Waals surface area (Å²) in [5.41, 5.74) is 2.26. The zero-order valence-corrected chi connectivity index (χ0v) is 18.9. The summed E-state index contributed by atoms with van der Waals surface area (Å²) in [6.45, 7) is 0.464. The highest BCUT2D eigenvalue weighted by Crippen LogP contribution is 2.40. The molecule has 174 valence electrons. The van der Waals surface area contributed by atoms with Gasteiger partial charge in [0, 0.05) is 30.6 Å². The summed E-state index contributed by atoms with van der Waals surface area (Å²) in [5.74, 6) is 2.55. The second-order valence-corrected chi connectivity index (χ2v) is 7.05. The number of aromatic nitrogens is 4. The fourth-order valence-corrected chi connectivity index (χ4v) is 3.28. The lowest BCUT2D eigenvalue weighted by Crippen LogP contribution is -2.05. The van der Waals surface area contributed by atoms with Crippen molar-refractivity contribution in [2.24, 2.45) is 0 Å². The Morgan fingerprint density at radius 2 is 1.62 bits per heavy atom. The molecule has 2 aromatic heterocycles. The van der Waals surface area contributed by atoms with Crippen LogP contribution in [0.1, 0.15) is 5.56 Å². The molecule has 0 aliphatic heterocycles. The molecule has 34 heavy (non-hydrogen) atoms. The van der Waals surface area contributed by atoms with Gasteiger partial charge in [-0.3, -0.25) is 0 Å². The summed E-state index contributed by atoms with van der Waals surface area (Å²) < 4.78 is 29.3. The highest BCUT2D eigenvalue weighted by Gasteiger charge is 2.15. The van der Waals surface area contributed by atoms with Gasteiger partial charge in [0.2, 0.25) is 11.7 Å². The van der Waals surface area contributed by atoms with E-state index in [0.29, 0.717) is 52.6 Å². The number of anilines is 3. The average molecular weight is 462 g/mol. The van der Waals surface area contributed by atoms with Crippen LogP contribution in [0.3, 0.4) is 0 Å². The van der Waals surface area contributed by atoms with Gasteiger partial charge in [-0.1, -0.05) is 12.1 Å². The average Bonchev–Trinajstić information content (AvgIpc) is 2.88. The molecule has 2 N–H and O–H groups in total. The molecule has 0 fully saturated rings. The minimum absolute atomic E-state index is 0.278.